The van der Waals surface area contributed by atoms with E-state index < -0.39 is 5.97 Å². The highest BCUT2D eigenvalue weighted by Crippen LogP contribution is 2.37. The van der Waals surface area contributed by atoms with Gasteiger partial charge in [-0.1, -0.05) is 17.4 Å². The second-order valence-corrected chi connectivity index (χ2v) is 7.83. The van der Waals surface area contributed by atoms with Crippen LogP contribution >= 0.6 is 11.3 Å². The maximum absolute atomic E-state index is 12.8. The van der Waals surface area contributed by atoms with Crippen LogP contribution in [-0.2, 0) is 27.3 Å². The summed E-state index contributed by atoms with van der Waals surface area (Å²) in [4.78, 5) is 29.6. The molecule has 0 spiro atoms. The van der Waals surface area contributed by atoms with E-state index in [-0.39, 0.29) is 32.3 Å². The standard InChI is InChI=1S/C22H22N2O7S/c1-4-29-21(26)11-24-14-9-17-18(31-12-30-17)10-19(14)32-22(24)23-20(25)8-13-5-6-15(27-2)16(7-13)28-3/h5-7,9-10H,4,8,11-12H2,1-3H3. The molecule has 0 bridgehead atoms. The zero-order valence-electron chi connectivity index (χ0n) is 17.9. The van der Waals surface area contributed by atoms with Gasteiger partial charge in [0.25, 0.3) is 5.91 Å². The lowest BCUT2D eigenvalue weighted by Crippen LogP contribution is -2.23. The number of hydrogen-bond donors (Lipinski definition) is 0. The first kappa shape index (κ1) is 21.7. The Labute approximate surface area is 187 Å². The summed E-state index contributed by atoms with van der Waals surface area (Å²) in [5.41, 5.74) is 1.44. The molecule has 4 rings (SSSR count). The number of rotatable bonds is 7. The molecular formula is C22H22N2O7S. The summed E-state index contributed by atoms with van der Waals surface area (Å²) in [6.45, 7) is 2.07. The highest BCUT2D eigenvalue weighted by atomic mass is 32.1. The molecule has 2 aromatic carbocycles. The lowest BCUT2D eigenvalue weighted by atomic mass is 10.1. The van der Waals surface area contributed by atoms with E-state index in [0.717, 1.165) is 10.3 Å². The normalized spacial score (nSPS) is 12.8. The summed E-state index contributed by atoms with van der Waals surface area (Å²) < 4.78 is 29.0. The number of hydrogen-bond acceptors (Lipinski definition) is 8. The highest BCUT2D eigenvalue weighted by Gasteiger charge is 2.19. The average Bonchev–Trinajstić information content (AvgIpc) is 3.36. The van der Waals surface area contributed by atoms with Gasteiger partial charge in [-0.3, -0.25) is 9.59 Å². The third-order valence-corrected chi connectivity index (χ3v) is 5.83. The van der Waals surface area contributed by atoms with Crippen LogP contribution in [0.3, 0.4) is 0 Å². The minimum Gasteiger partial charge on any atom is -0.493 e. The average molecular weight is 458 g/mol. The fourth-order valence-electron chi connectivity index (χ4n) is 3.34. The van der Waals surface area contributed by atoms with Gasteiger partial charge >= 0.3 is 5.97 Å². The van der Waals surface area contributed by atoms with E-state index in [0.29, 0.717) is 33.3 Å². The van der Waals surface area contributed by atoms with E-state index in [9.17, 15) is 9.59 Å². The van der Waals surface area contributed by atoms with Gasteiger partial charge in [-0.05, 0) is 24.6 Å². The summed E-state index contributed by atoms with van der Waals surface area (Å²) in [5, 5.41) is 0. The third-order valence-electron chi connectivity index (χ3n) is 4.79. The predicted molar refractivity (Wildman–Crippen MR) is 116 cm³/mol. The Balaban J connectivity index is 1.70. The van der Waals surface area contributed by atoms with Crippen LogP contribution in [-0.4, -0.2) is 44.1 Å². The Bertz CT molecular complexity index is 1250. The number of thiazole rings is 1. The van der Waals surface area contributed by atoms with Gasteiger partial charge in [0.05, 0.1) is 37.5 Å². The molecule has 10 heteroatoms. The largest absolute Gasteiger partial charge is 0.493 e. The number of fused-ring (bicyclic) bond motifs is 2. The second kappa shape index (κ2) is 9.31. The number of amides is 1. The number of carbonyl (C=O) groups excluding carboxylic acids is 2. The molecule has 0 fully saturated rings. The first-order valence-electron chi connectivity index (χ1n) is 9.89. The number of aromatic nitrogens is 1. The van der Waals surface area contributed by atoms with Crippen LogP contribution in [0, 0.1) is 0 Å². The van der Waals surface area contributed by atoms with Crippen molar-refractivity contribution in [2.75, 3.05) is 27.6 Å². The number of carbonyl (C=O) groups is 2. The fourth-order valence-corrected chi connectivity index (χ4v) is 4.40. The van der Waals surface area contributed by atoms with Gasteiger partial charge in [0.1, 0.15) is 6.54 Å². The predicted octanol–water partition coefficient (Wildman–Crippen LogP) is 2.68. The number of ether oxygens (including phenoxy) is 5. The lowest BCUT2D eigenvalue weighted by Gasteiger charge is -2.08. The van der Waals surface area contributed by atoms with Crippen molar-refractivity contribution in [3.63, 3.8) is 0 Å². The maximum Gasteiger partial charge on any atom is 0.326 e. The molecule has 0 unspecified atom stereocenters. The molecule has 0 saturated carbocycles. The smallest absolute Gasteiger partial charge is 0.326 e. The lowest BCUT2D eigenvalue weighted by molar-refractivity contribution is -0.143. The summed E-state index contributed by atoms with van der Waals surface area (Å²) in [7, 11) is 3.09. The molecular weight excluding hydrogens is 436 g/mol. The molecule has 2 heterocycles. The number of nitrogens with zero attached hydrogens (tertiary/aromatic N) is 2. The molecule has 1 aromatic heterocycles. The Morgan fingerprint density at radius 1 is 1.09 bits per heavy atom. The molecule has 9 nitrogen and oxygen atoms in total. The van der Waals surface area contributed by atoms with Crippen LogP contribution < -0.4 is 23.7 Å². The number of esters is 1. The summed E-state index contributed by atoms with van der Waals surface area (Å²) in [6.07, 6.45) is 0.0662. The van der Waals surface area contributed by atoms with Crippen molar-refractivity contribution < 1.29 is 33.3 Å². The molecule has 168 valence electrons. The fraction of sp³-hybridized carbons (Fsp3) is 0.318. The molecule has 1 aliphatic rings. The van der Waals surface area contributed by atoms with Crippen molar-refractivity contribution in [3.8, 4) is 23.0 Å². The molecule has 1 amide bonds. The molecule has 0 atom stereocenters. The van der Waals surface area contributed by atoms with E-state index in [4.69, 9.17) is 23.7 Å². The minimum absolute atomic E-state index is 0.0662. The van der Waals surface area contributed by atoms with Crippen molar-refractivity contribution in [1.82, 2.24) is 4.57 Å². The van der Waals surface area contributed by atoms with E-state index in [1.54, 1.807) is 42.9 Å². The van der Waals surface area contributed by atoms with Crippen molar-refractivity contribution in [3.05, 3.63) is 40.7 Å². The van der Waals surface area contributed by atoms with Gasteiger partial charge in [0.15, 0.2) is 27.8 Å². The Morgan fingerprint density at radius 3 is 2.56 bits per heavy atom. The van der Waals surface area contributed by atoms with Crippen molar-refractivity contribution in [2.24, 2.45) is 4.99 Å². The zero-order chi connectivity index (χ0) is 22.7. The number of methoxy groups -OCH3 is 2. The zero-order valence-corrected chi connectivity index (χ0v) is 18.7. The molecule has 0 radical (unpaired) electrons. The van der Waals surface area contributed by atoms with Crippen molar-refractivity contribution in [1.29, 1.82) is 0 Å². The van der Waals surface area contributed by atoms with E-state index in [1.165, 1.54) is 18.4 Å². The summed E-state index contributed by atoms with van der Waals surface area (Å²) >= 11 is 1.29. The molecule has 3 aromatic rings. The molecule has 0 N–H and O–H groups in total. The maximum atomic E-state index is 12.8. The molecule has 0 saturated heterocycles. The topological polar surface area (TPSA) is 97.6 Å². The quantitative estimate of drug-likeness (QED) is 0.502. The monoisotopic (exact) mass is 458 g/mol. The van der Waals surface area contributed by atoms with Gasteiger partial charge in [-0.25, -0.2) is 0 Å². The van der Waals surface area contributed by atoms with Crippen LogP contribution in [0.2, 0.25) is 0 Å². The van der Waals surface area contributed by atoms with Gasteiger partial charge in [-0.2, -0.15) is 4.99 Å². The second-order valence-electron chi connectivity index (χ2n) is 6.82. The van der Waals surface area contributed by atoms with Gasteiger partial charge in [0.2, 0.25) is 6.79 Å². The minimum atomic E-state index is -0.418. The summed E-state index contributed by atoms with van der Waals surface area (Å²) in [5.74, 6) is 1.53. The third kappa shape index (κ3) is 4.40. The summed E-state index contributed by atoms with van der Waals surface area (Å²) in [6, 6.07) is 8.87. The number of benzene rings is 2. The SMILES string of the molecule is CCOC(=O)Cn1c(=NC(=O)Cc2ccc(OC)c(OC)c2)sc2cc3c(cc21)OCO3. The van der Waals surface area contributed by atoms with Crippen LogP contribution in [0.5, 0.6) is 23.0 Å². The Kier molecular flexibility index (Phi) is 6.31. The Hall–Kier alpha value is -3.53. The Morgan fingerprint density at radius 2 is 1.84 bits per heavy atom. The molecule has 1 aliphatic heterocycles. The van der Waals surface area contributed by atoms with Gasteiger partial charge in [0, 0.05) is 12.1 Å². The van der Waals surface area contributed by atoms with Crippen molar-refractivity contribution in [2.45, 2.75) is 19.9 Å². The highest BCUT2D eigenvalue weighted by molar-refractivity contribution is 7.16. The van der Waals surface area contributed by atoms with Crippen LogP contribution in [0.15, 0.2) is 35.3 Å². The van der Waals surface area contributed by atoms with Gasteiger partial charge in [-0.15, -0.1) is 0 Å². The first-order valence-corrected chi connectivity index (χ1v) is 10.7. The van der Waals surface area contributed by atoms with E-state index in [2.05, 4.69) is 4.99 Å². The van der Waals surface area contributed by atoms with E-state index >= 15 is 0 Å². The molecule has 32 heavy (non-hydrogen) atoms. The van der Waals surface area contributed by atoms with Gasteiger partial charge < -0.3 is 28.3 Å². The van der Waals surface area contributed by atoms with Crippen LogP contribution in [0.4, 0.5) is 0 Å². The van der Waals surface area contributed by atoms with Crippen LogP contribution in [0.1, 0.15) is 12.5 Å². The first-order chi connectivity index (χ1) is 15.5. The van der Waals surface area contributed by atoms with E-state index in [1.807, 2.05) is 6.07 Å². The van der Waals surface area contributed by atoms with Crippen molar-refractivity contribution >= 4 is 33.4 Å². The van der Waals surface area contributed by atoms with Crippen LogP contribution in [0.25, 0.3) is 10.2 Å². The molecule has 0 aliphatic carbocycles.